The Kier molecular flexibility index (Phi) is 3.82. The largest absolute Gasteiger partial charge is 0.324 e. The smallest absolute Gasteiger partial charge is 0.101 e. The molecule has 1 heterocycles. The molecule has 0 amide bonds. The van der Waals surface area contributed by atoms with E-state index >= 15 is 0 Å². The minimum absolute atomic E-state index is 0.0421. The van der Waals surface area contributed by atoms with E-state index in [1.165, 1.54) is 10.5 Å². The first kappa shape index (κ1) is 12.1. The van der Waals surface area contributed by atoms with Crippen molar-refractivity contribution in [3.63, 3.8) is 0 Å². The molecule has 2 aromatic rings. The van der Waals surface area contributed by atoms with Gasteiger partial charge in [0, 0.05) is 17.1 Å². The third kappa shape index (κ3) is 3.32. The molecule has 0 saturated heterocycles. The molecule has 2 N–H and O–H groups in total. The molecule has 0 spiro atoms. The molecule has 17 heavy (non-hydrogen) atoms. The molecular formula is C14H16N2S. The van der Waals surface area contributed by atoms with E-state index in [2.05, 4.69) is 36.2 Å². The van der Waals surface area contributed by atoms with Gasteiger partial charge in [0.1, 0.15) is 5.03 Å². The van der Waals surface area contributed by atoms with Crippen LogP contribution in [0.5, 0.6) is 0 Å². The summed E-state index contributed by atoms with van der Waals surface area (Å²) >= 11 is 1.67. The van der Waals surface area contributed by atoms with Gasteiger partial charge in [-0.05, 0) is 37.6 Å². The fraction of sp³-hybridized carbons (Fsp3) is 0.214. The molecule has 1 aromatic heterocycles. The predicted octanol–water partition coefficient (Wildman–Crippen LogP) is 3.56. The predicted molar refractivity (Wildman–Crippen MR) is 72.1 cm³/mol. The van der Waals surface area contributed by atoms with Gasteiger partial charge < -0.3 is 5.73 Å². The lowest BCUT2D eigenvalue weighted by Gasteiger charge is -2.06. The van der Waals surface area contributed by atoms with Crippen LogP contribution in [-0.4, -0.2) is 4.98 Å². The zero-order chi connectivity index (χ0) is 12.3. The van der Waals surface area contributed by atoms with Crippen molar-refractivity contribution in [2.24, 2.45) is 5.73 Å². The van der Waals surface area contributed by atoms with Crippen LogP contribution in [-0.2, 0) is 0 Å². The first-order valence-corrected chi connectivity index (χ1v) is 6.43. The number of nitrogens with two attached hydrogens (primary N) is 1. The van der Waals surface area contributed by atoms with Gasteiger partial charge in [-0.25, -0.2) is 4.98 Å². The summed E-state index contributed by atoms with van der Waals surface area (Å²) in [5.74, 6) is 0. The molecule has 1 aromatic carbocycles. The van der Waals surface area contributed by atoms with Crippen LogP contribution in [0.4, 0.5) is 0 Å². The molecule has 0 bridgehead atoms. The summed E-state index contributed by atoms with van der Waals surface area (Å²) in [7, 11) is 0. The highest BCUT2D eigenvalue weighted by Gasteiger charge is 2.02. The van der Waals surface area contributed by atoms with Gasteiger partial charge in [-0.3, -0.25) is 0 Å². The Labute approximate surface area is 106 Å². The van der Waals surface area contributed by atoms with Crippen LogP contribution in [0.15, 0.2) is 52.5 Å². The third-order valence-corrected chi connectivity index (χ3v) is 3.44. The molecule has 0 saturated carbocycles. The lowest BCUT2D eigenvalue weighted by Crippen LogP contribution is -2.04. The maximum absolute atomic E-state index is 5.79. The molecule has 0 fully saturated rings. The zero-order valence-electron chi connectivity index (χ0n) is 10.1. The summed E-state index contributed by atoms with van der Waals surface area (Å²) in [6.45, 7) is 4.06. The molecular weight excluding hydrogens is 228 g/mol. The molecule has 0 unspecified atom stereocenters. The average Bonchev–Trinajstić information content (AvgIpc) is 2.29. The number of aryl methyl sites for hydroxylation is 1. The Morgan fingerprint density at radius 1 is 1.24 bits per heavy atom. The van der Waals surface area contributed by atoms with Crippen LogP contribution in [0.1, 0.15) is 24.1 Å². The Balaban J connectivity index is 2.14. The van der Waals surface area contributed by atoms with Crippen molar-refractivity contribution in [2.45, 2.75) is 29.8 Å². The van der Waals surface area contributed by atoms with Gasteiger partial charge >= 0.3 is 0 Å². The highest BCUT2D eigenvalue weighted by molar-refractivity contribution is 7.99. The van der Waals surface area contributed by atoms with Gasteiger partial charge in [-0.2, -0.15) is 0 Å². The highest BCUT2D eigenvalue weighted by atomic mass is 32.2. The van der Waals surface area contributed by atoms with Crippen molar-refractivity contribution in [1.29, 1.82) is 0 Å². The fourth-order valence-corrected chi connectivity index (χ4v) is 2.40. The minimum atomic E-state index is 0.0421. The fourth-order valence-electron chi connectivity index (χ4n) is 1.52. The molecule has 2 nitrogen and oxygen atoms in total. The molecule has 0 radical (unpaired) electrons. The number of nitrogens with zero attached hydrogens (tertiary/aromatic N) is 1. The third-order valence-electron chi connectivity index (χ3n) is 2.50. The average molecular weight is 244 g/mol. The van der Waals surface area contributed by atoms with Crippen molar-refractivity contribution in [1.82, 2.24) is 4.98 Å². The quantitative estimate of drug-likeness (QED) is 0.897. The Morgan fingerprint density at radius 2 is 2.06 bits per heavy atom. The van der Waals surface area contributed by atoms with Crippen molar-refractivity contribution in [3.8, 4) is 0 Å². The zero-order valence-corrected chi connectivity index (χ0v) is 10.9. The molecule has 0 aliphatic rings. The summed E-state index contributed by atoms with van der Waals surface area (Å²) in [6.07, 6.45) is 1.85. The monoisotopic (exact) mass is 244 g/mol. The first-order valence-electron chi connectivity index (χ1n) is 5.61. The molecule has 0 aliphatic carbocycles. The van der Waals surface area contributed by atoms with Crippen LogP contribution in [0.25, 0.3) is 0 Å². The summed E-state index contributed by atoms with van der Waals surface area (Å²) in [5.41, 5.74) is 8.12. The molecule has 0 aliphatic heterocycles. The van der Waals surface area contributed by atoms with E-state index in [9.17, 15) is 0 Å². The van der Waals surface area contributed by atoms with E-state index in [-0.39, 0.29) is 6.04 Å². The van der Waals surface area contributed by atoms with Crippen LogP contribution in [0.3, 0.4) is 0 Å². The van der Waals surface area contributed by atoms with E-state index in [4.69, 9.17) is 5.73 Å². The second-order valence-electron chi connectivity index (χ2n) is 4.14. The molecule has 1 atom stereocenters. The maximum Gasteiger partial charge on any atom is 0.101 e. The number of pyridine rings is 1. The van der Waals surface area contributed by atoms with E-state index < -0.39 is 0 Å². The Morgan fingerprint density at radius 3 is 2.65 bits per heavy atom. The molecule has 88 valence electrons. The Hall–Kier alpha value is -1.32. The number of aromatic nitrogens is 1. The SMILES string of the molecule is Cc1cccc(Sc2ccc([C@@H](C)N)cn2)c1. The van der Waals surface area contributed by atoms with E-state index in [1.54, 1.807) is 11.8 Å². The normalized spacial score (nSPS) is 12.4. The van der Waals surface area contributed by atoms with Crippen molar-refractivity contribution in [2.75, 3.05) is 0 Å². The van der Waals surface area contributed by atoms with Crippen molar-refractivity contribution in [3.05, 3.63) is 53.7 Å². The van der Waals surface area contributed by atoms with Gasteiger partial charge in [0.25, 0.3) is 0 Å². The second-order valence-corrected chi connectivity index (χ2v) is 5.23. The van der Waals surface area contributed by atoms with E-state index in [1.807, 2.05) is 25.3 Å². The number of benzene rings is 1. The topological polar surface area (TPSA) is 38.9 Å². The lowest BCUT2D eigenvalue weighted by atomic mass is 10.2. The minimum Gasteiger partial charge on any atom is -0.324 e. The van der Waals surface area contributed by atoms with Gasteiger partial charge in [-0.1, -0.05) is 35.5 Å². The number of hydrogen-bond acceptors (Lipinski definition) is 3. The van der Waals surface area contributed by atoms with Crippen LogP contribution < -0.4 is 5.73 Å². The van der Waals surface area contributed by atoms with E-state index in [0.29, 0.717) is 0 Å². The Bertz CT molecular complexity index is 492. The molecule has 2 rings (SSSR count). The standard InChI is InChI=1S/C14H16N2S/c1-10-4-3-5-13(8-10)17-14-7-6-12(9-16-14)11(2)15/h3-9,11H,15H2,1-2H3/t11-/m1/s1. The first-order chi connectivity index (χ1) is 8.15. The van der Waals surface area contributed by atoms with Crippen LogP contribution >= 0.6 is 11.8 Å². The highest BCUT2D eigenvalue weighted by Crippen LogP contribution is 2.26. The van der Waals surface area contributed by atoms with Crippen LogP contribution in [0, 0.1) is 6.92 Å². The summed E-state index contributed by atoms with van der Waals surface area (Å²) < 4.78 is 0. The van der Waals surface area contributed by atoms with Crippen LogP contribution in [0.2, 0.25) is 0 Å². The van der Waals surface area contributed by atoms with Crippen molar-refractivity contribution < 1.29 is 0 Å². The van der Waals surface area contributed by atoms with E-state index in [0.717, 1.165) is 10.6 Å². The summed E-state index contributed by atoms with van der Waals surface area (Å²) in [6, 6.07) is 12.5. The van der Waals surface area contributed by atoms with Crippen molar-refractivity contribution >= 4 is 11.8 Å². The van der Waals surface area contributed by atoms with Gasteiger partial charge in [0.2, 0.25) is 0 Å². The summed E-state index contributed by atoms with van der Waals surface area (Å²) in [4.78, 5) is 5.62. The summed E-state index contributed by atoms with van der Waals surface area (Å²) in [5, 5.41) is 1.00. The number of hydrogen-bond donors (Lipinski definition) is 1. The maximum atomic E-state index is 5.79. The van der Waals surface area contributed by atoms with Gasteiger partial charge in [-0.15, -0.1) is 0 Å². The lowest BCUT2D eigenvalue weighted by molar-refractivity contribution is 0.806. The molecule has 3 heteroatoms. The van der Waals surface area contributed by atoms with Gasteiger partial charge in [0.05, 0.1) is 0 Å². The van der Waals surface area contributed by atoms with Gasteiger partial charge in [0.15, 0.2) is 0 Å². The number of rotatable bonds is 3. The second kappa shape index (κ2) is 5.34.